The van der Waals surface area contributed by atoms with Crippen LogP contribution < -0.4 is 14.2 Å². The zero-order chi connectivity index (χ0) is 20.2. The van der Waals surface area contributed by atoms with E-state index in [1.165, 1.54) is 6.07 Å². The minimum Gasteiger partial charge on any atom is -0.454 e. The first kappa shape index (κ1) is 18.0. The molecule has 0 bridgehead atoms. The van der Waals surface area contributed by atoms with Gasteiger partial charge in [-0.15, -0.1) is 0 Å². The number of sulfonamides is 1. The first-order valence-electron chi connectivity index (χ1n) is 9.37. The molecule has 3 aromatic carbocycles. The lowest BCUT2D eigenvalue weighted by Gasteiger charge is -2.24. The summed E-state index contributed by atoms with van der Waals surface area (Å²) >= 11 is 0. The highest BCUT2D eigenvalue weighted by molar-refractivity contribution is 7.90. The highest BCUT2D eigenvalue weighted by Crippen LogP contribution is 2.48. The van der Waals surface area contributed by atoms with Gasteiger partial charge in [-0.3, -0.25) is 4.79 Å². The van der Waals surface area contributed by atoms with Crippen LogP contribution in [0.5, 0.6) is 11.5 Å². The van der Waals surface area contributed by atoms with E-state index in [1.54, 1.807) is 31.2 Å². The second-order valence-corrected chi connectivity index (χ2v) is 9.22. The molecule has 0 saturated heterocycles. The van der Waals surface area contributed by atoms with E-state index in [0.717, 1.165) is 16.5 Å². The van der Waals surface area contributed by atoms with Crippen molar-refractivity contribution in [1.82, 2.24) is 4.72 Å². The van der Waals surface area contributed by atoms with Crippen molar-refractivity contribution in [3.8, 4) is 11.5 Å². The van der Waals surface area contributed by atoms with Gasteiger partial charge in [0.25, 0.3) is 10.0 Å². The molecule has 0 unspecified atom stereocenters. The van der Waals surface area contributed by atoms with Crippen LogP contribution in [0.3, 0.4) is 0 Å². The predicted molar refractivity (Wildman–Crippen MR) is 108 cm³/mol. The Bertz CT molecular complexity index is 1260. The summed E-state index contributed by atoms with van der Waals surface area (Å²) in [6, 6.07) is 15.8. The predicted octanol–water partition coefficient (Wildman–Crippen LogP) is 3.28. The summed E-state index contributed by atoms with van der Waals surface area (Å²) in [7, 11) is -4.03. The van der Waals surface area contributed by atoms with Crippen molar-refractivity contribution < 1.29 is 22.7 Å². The lowest BCUT2D eigenvalue weighted by Crippen LogP contribution is -2.43. The second-order valence-electron chi connectivity index (χ2n) is 7.57. The normalized spacial score (nSPS) is 19.9. The van der Waals surface area contributed by atoms with Crippen LogP contribution in [0, 0.1) is 0 Å². The number of hydrogen-bond donors (Lipinski definition) is 1. The first-order chi connectivity index (χ1) is 13.9. The van der Waals surface area contributed by atoms with Gasteiger partial charge in [-0.25, -0.2) is 13.1 Å². The molecule has 5 rings (SSSR count). The van der Waals surface area contributed by atoms with Crippen molar-refractivity contribution >= 4 is 26.7 Å². The summed E-state index contributed by atoms with van der Waals surface area (Å²) in [6.45, 7) is 1.93. The third-order valence-electron chi connectivity index (χ3n) is 5.88. The van der Waals surface area contributed by atoms with Gasteiger partial charge in [-0.1, -0.05) is 42.5 Å². The summed E-state index contributed by atoms with van der Waals surface area (Å²) in [5.74, 6) is 0.788. The molecule has 0 saturated carbocycles. The fourth-order valence-corrected chi connectivity index (χ4v) is 5.57. The number of amides is 1. The molecule has 0 spiro atoms. The van der Waals surface area contributed by atoms with E-state index < -0.39 is 21.3 Å². The zero-order valence-corrected chi connectivity index (χ0v) is 16.6. The van der Waals surface area contributed by atoms with E-state index in [2.05, 4.69) is 4.72 Å². The maximum atomic E-state index is 13.2. The molecule has 1 aliphatic carbocycles. The van der Waals surface area contributed by atoms with Gasteiger partial charge in [0.15, 0.2) is 11.5 Å². The third kappa shape index (κ3) is 2.68. The van der Waals surface area contributed by atoms with E-state index in [-0.39, 0.29) is 11.7 Å². The summed E-state index contributed by atoms with van der Waals surface area (Å²) in [6.07, 6.45) is 1.12. The maximum Gasteiger partial charge on any atom is 0.264 e. The Morgan fingerprint density at radius 2 is 1.83 bits per heavy atom. The molecular weight excluding hydrogens is 390 g/mol. The molecule has 1 atom stereocenters. The second kappa shape index (κ2) is 6.22. The molecule has 2 aliphatic rings. The molecule has 3 aromatic rings. The van der Waals surface area contributed by atoms with Crippen LogP contribution >= 0.6 is 0 Å². The van der Waals surface area contributed by atoms with Crippen molar-refractivity contribution in [3.05, 3.63) is 65.7 Å². The monoisotopic (exact) mass is 409 g/mol. The molecule has 0 fully saturated rings. The van der Waals surface area contributed by atoms with E-state index in [4.69, 9.17) is 9.47 Å². The number of ether oxygens (including phenoxy) is 2. The lowest BCUT2D eigenvalue weighted by molar-refractivity contribution is -0.124. The molecule has 7 heteroatoms. The van der Waals surface area contributed by atoms with Gasteiger partial charge in [-0.05, 0) is 42.8 Å². The molecule has 0 aromatic heterocycles. The minimum atomic E-state index is -4.03. The van der Waals surface area contributed by atoms with Crippen molar-refractivity contribution in [2.75, 3.05) is 6.79 Å². The molecular formula is C22H19NO5S. The first-order valence-corrected chi connectivity index (χ1v) is 10.9. The molecule has 29 heavy (non-hydrogen) atoms. The smallest absolute Gasteiger partial charge is 0.264 e. The van der Waals surface area contributed by atoms with Crippen LogP contribution in [0.4, 0.5) is 0 Å². The van der Waals surface area contributed by atoms with E-state index in [0.29, 0.717) is 29.7 Å². The van der Waals surface area contributed by atoms with Gasteiger partial charge in [-0.2, -0.15) is 0 Å². The highest BCUT2D eigenvalue weighted by Gasteiger charge is 2.45. The van der Waals surface area contributed by atoms with Crippen LogP contribution in [-0.2, 0) is 26.7 Å². The molecule has 1 amide bonds. The number of carbonyl (C=O) groups is 1. The fraction of sp³-hybridized carbons (Fsp3) is 0.227. The van der Waals surface area contributed by atoms with Gasteiger partial charge in [0.05, 0.1) is 10.3 Å². The molecule has 1 aliphatic heterocycles. The van der Waals surface area contributed by atoms with Crippen LogP contribution in [0.25, 0.3) is 10.8 Å². The van der Waals surface area contributed by atoms with Crippen LogP contribution in [0.15, 0.2) is 59.5 Å². The summed E-state index contributed by atoms with van der Waals surface area (Å²) < 4.78 is 39.4. The Labute approximate surface area is 168 Å². The molecule has 1 N–H and O–H groups in total. The van der Waals surface area contributed by atoms with Gasteiger partial charge in [0.2, 0.25) is 12.7 Å². The molecule has 6 nitrogen and oxygen atoms in total. The van der Waals surface area contributed by atoms with Gasteiger partial charge < -0.3 is 9.47 Å². The van der Waals surface area contributed by atoms with Crippen molar-refractivity contribution in [1.29, 1.82) is 0 Å². The standard InChI is InChI=1S/C22H19NO5S/c1-22(12-11-16-17(22)9-10-18-20(16)28-13-27-18)21(24)23-29(25,26)19-8-4-6-14-5-2-3-7-15(14)19/h2-10H,11-13H2,1H3,(H,23,24)/t22-/m1/s1. The number of nitrogens with one attached hydrogen (secondary N) is 1. The number of hydrogen-bond acceptors (Lipinski definition) is 5. The topological polar surface area (TPSA) is 81.7 Å². The Morgan fingerprint density at radius 1 is 1.03 bits per heavy atom. The SMILES string of the molecule is C[C@@]1(C(=O)NS(=O)(=O)c2cccc3ccccc23)CCc2c1ccc1c2OCO1. The minimum absolute atomic E-state index is 0.0939. The average molecular weight is 409 g/mol. The summed E-state index contributed by atoms with van der Waals surface area (Å²) in [5, 5.41) is 1.38. The highest BCUT2D eigenvalue weighted by atomic mass is 32.2. The average Bonchev–Trinajstić information content (AvgIpc) is 3.32. The van der Waals surface area contributed by atoms with Crippen LogP contribution in [-0.4, -0.2) is 21.1 Å². The van der Waals surface area contributed by atoms with E-state index in [1.807, 2.05) is 24.3 Å². The Balaban J connectivity index is 1.51. The fourth-order valence-electron chi connectivity index (χ4n) is 4.26. The van der Waals surface area contributed by atoms with Crippen LogP contribution in [0.2, 0.25) is 0 Å². The van der Waals surface area contributed by atoms with Gasteiger partial charge in [0, 0.05) is 10.9 Å². The number of benzene rings is 3. The molecule has 148 valence electrons. The largest absolute Gasteiger partial charge is 0.454 e. The van der Waals surface area contributed by atoms with Crippen molar-refractivity contribution in [3.63, 3.8) is 0 Å². The molecule has 0 radical (unpaired) electrons. The van der Waals surface area contributed by atoms with E-state index in [9.17, 15) is 13.2 Å². The van der Waals surface area contributed by atoms with Gasteiger partial charge >= 0.3 is 0 Å². The quantitative estimate of drug-likeness (QED) is 0.718. The third-order valence-corrected chi connectivity index (χ3v) is 7.27. The van der Waals surface area contributed by atoms with Gasteiger partial charge in [0.1, 0.15) is 0 Å². The van der Waals surface area contributed by atoms with Crippen molar-refractivity contribution in [2.24, 2.45) is 0 Å². The number of carbonyl (C=O) groups excluding carboxylic acids is 1. The maximum absolute atomic E-state index is 13.2. The van der Waals surface area contributed by atoms with Crippen LogP contribution in [0.1, 0.15) is 24.5 Å². The number of rotatable bonds is 3. The Hall–Kier alpha value is -3.06. The van der Waals surface area contributed by atoms with Crippen molar-refractivity contribution in [2.45, 2.75) is 30.1 Å². The van der Waals surface area contributed by atoms with E-state index >= 15 is 0 Å². The number of fused-ring (bicyclic) bond motifs is 4. The molecule has 1 heterocycles. The Morgan fingerprint density at radius 3 is 2.69 bits per heavy atom. The Kier molecular flexibility index (Phi) is 3.86. The zero-order valence-electron chi connectivity index (χ0n) is 15.8. The summed E-state index contributed by atoms with van der Waals surface area (Å²) in [5.41, 5.74) is 0.737. The lowest BCUT2D eigenvalue weighted by atomic mass is 9.83. The summed E-state index contributed by atoms with van der Waals surface area (Å²) in [4.78, 5) is 13.3.